The largest absolute Gasteiger partial charge is 0.489 e. The van der Waals surface area contributed by atoms with Gasteiger partial charge in [-0.15, -0.1) is 0 Å². The molecule has 0 spiro atoms. The maximum atomic E-state index is 13.6. The Bertz CT molecular complexity index is 1420. The molecule has 0 saturated heterocycles. The van der Waals surface area contributed by atoms with Crippen LogP contribution >= 0.6 is 11.6 Å². The quantitative estimate of drug-likeness (QED) is 0.366. The van der Waals surface area contributed by atoms with Gasteiger partial charge in [0.05, 0.1) is 23.6 Å². The fourth-order valence-electron chi connectivity index (χ4n) is 4.27. The van der Waals surface area contributed by atoms with E-state index in [4.69, 9.17) is 25.5 Å². The first-order chi connectivity index (χ1) is 16.6. The number of ether oxygens (including phenoxy) is 2. The second kappa shape index (κ2) is 9.33. The normalized spacial score (nSPS) is 15.1. The minimum Gasteiger partial charge on any atom is -0.489 e. The van der Waals surface area contributed by atoms with Gasteiger partial charge in [-0.05, 0) is 41.5 Å². The SMILES string of the molecule is COCCN1C(=O)c2oc3ccc(Cl)cc3c(=O)c2C1c1cccc(OCc2ccccc2)c1. The van der Waals surface area contributed by atoms with E-state index < -0.39 is 6.04 Å². The van der Waals surface area contributed by atoms with E-state index in [-0.39, 0.29) is 17.1 Å². The smallest absolute Gasteiger partial charge is 0.290 e. The van der Waals surface area contributed by atoms with Gasteiger partial charge in [0, 0.05) is 18.7 Å². The van der Waals surface area contributed by atoms with Crippen molar-refractivity contribution in [3.05, 3.63) is 110 Å². The molecule has 1 aliphatic rings. The molecule has 1 amide bonds. The summed E-state index contributed by atoms with van der Waals surface area (Å²) in [5.74, 6) is 0.348. The Hall–Kier alpha value is -3.61. The van der Waals surface area contributed by atoms with Crippen LogP contribution in [0.2, 0.25) is 5.02 Å². The highest BCUT2D eigenvalue weighted by Gasteiger charge is 2.42. The molecule has 1 aliphatic heterocycles. The monoisotopic (exact) mass is 475 g/mol. The van der Waals surface area contributed by atoms with Crippen LogP contribution in [-0.4, -0.2) is 31.1 Å². The summed E-state index contributed by atoms with van der Waals surface area (Å²) in [6, 6.07) is 21.5. The molecule has 0 saturated carbocycles. The summed E-state index contributed by atoms with van der Waals surface area (Å²) in [5.41, 5.74) is 2.15. The zero-order valence-electron chi connectivity index (χ0n) is 18.5. The number of rotatable bonds is 7. The molecule has 0 radical (unpaired) electrons. The predicted molar refractivity (Wildman–Crippen MR) is 129 cm³/mol. The van der Waals surface area contributed by atoms with Gasteiger partial charge in [-0.2, -0.15) is 0 Å². The van der Waals surface area contributed by atoms with E-state index in [2.05, 4.69) is 0 Å². The Morgan fingerprint density at radius 2 is 1.82 bits per heavy atom. The van der Waals surface area contributed by atoms with Gasteiger partial charge in [0.15, 0.2) is 5.43 Å². The van der Waals surface area contributed by atoms with Crippen LogP contribution < -0.4 is 10.2 Å². The minimum absolute atomic E-state index is 0.0523. The van der Waals surface area contributed by atoms with E-state index in [9.17, 15) is 9.59 Å². The standard InChI is InChI=1S/C27H22ClNO5/c1-32-13-12-29-24(18-8-5-9-20(14-18)33-16-17-6-3-2-4-7-17)23-25(30)21-15-19(28)10-11-22(21)34-26(23)27(29)31/h2-11,14-15,24H,12-13,16H2,1H3. The molecule has 0 N–H and O–H groups in total. The molecule has 1 aromatic heterocycles. The van der Waals surface area contributed by atoms with Crippen LogP contribution in [0.4, 0.5) is 0 Å². The maximum absolute atomic E-state index is 13.6. The van der Waals surface area contributed by atoms with Gasteiger partial charge in [-0.1, -0.05) is 54.1 Å². The molecule has 2 heterocycles. The number of methoxy groups -OCH3 is 1. The highest BCUT2D eigenvalue weighted by Crippen LogP contribution is 2.39. The summed E-state index contributed by atoms with van der Waals surface area (Å²) in [7, 11) is 1.57. The Balaban J connectivity index is 1.58. The van der Waals surface area contributed by atoms with Crippen LogP contribution in [0.1, 0.15) is 33.3 Å². The summed E-state index contributed by atoms with van der Waals surface area (Å²) in [4.78, 5) is 28.5. The van der Waals surface area contributed by atoms with E-state index >= 15 is 0 Å². The molecule has 1 unspecified atom stereocenters. The second-order valence-corrected chi connectivity index (χ2v) is 8.49. The van der Waals surface area contributed by atoms with Gasteiger partial charge in [0.25, 0.3) is 5.91 Å². The average molecular weight is 476 g/mol. The fourth-order valence-corrected chi connectivity index (χ4v) is 4.45. The van der Waals surface area contributed by atoms with Crippen LogP contribution in [-0.2, 0) is 11.3 Å². The van der Waals surface area contributed by atoms with Crippen molar-refractivity contribution in [2.45, 2.75) is 12.6 Å². The van der Waals surface area contributed by atoms with Gasteiger partial charge in [0.1, 0.15) is 17.9 Å². The number of carbonyl (C=O) groups excluding carboxylic acids is 1. The van der Waals surface area contributed by atoms with Crippen LogP contribution in [0.25, 0.3) is 11.0 Å². The summed E-state index contributed by atoms with van der Waals surface area (Å²) >= 11 is 6.14. The van der Waals surface area contributed by atoms with Crippen molar-refractivity contribution in [3.8, 4) is 5.75 Å². The zero-order valence-corrected chi connectivity index (χ0v) is 19.2. The van der Waals surface area contributed by atoms with Crippen molar-refractivity contribution >= 4 is 28.5 Å². The van der Waals surface area contributed by atoms with Crippen LogP contribution in [0.15, 0.2) is 82.0 Å². The Labute approximate surface area is 201 Å². The molecule has 172 valence electrons. The lowest BCUT2D eigenvalue weighted by molar-refractivity contribution is 0.0663. The number of hydrogen-bond acceptors (Lipinski definition) is 5. The summed E-state index contributed by atoms with van der Waals surface area (Å²) < 4.78 is 17.1. The lowest BCUT2D eigenvalue weighted by atomic mass is 9.98. The zero-order chi connectivity index (χ0) is 23.7. The van der Waals surface area contributed by atoms with E-state index in [0.717, 1.165) is 11.1 Å². The highest BCUT2D eigenvalue weighted by atomic mass is 35.5. The molecule has 0 fully saturated rings. The van der Waals surface area contributed by atoms with Crippen LogP contribution in [0.3, 0.4) is 0 Å². The Morgan fingerprint density at radius 1 is 1.00 bits per heavy atom. The van der Waals surface area contributed by atoms with Crippen molar-refractivity contribution in [2.75, 3.05) is 20.3 Å². The minimum atomic E-state index is -0.627. The van der Waals surface area contributed by atoms with Gasteiger partial charge in [-0.3, -0.25) is 9.59 Å². The molecular formula is C27H22ClNO5. The third-order valence-electron chi connectivity index (χ3n) is 5.89. The Kier molecular flexibility index (Phi) is 6.09. The first kappa shape index (κ1) is 22.2. The number of amides is 1. The number of carbonyl (C=O) groups is 1. The molecule has 4 aromatic rings. The molecule has 3 aromatic carbocycles. The van der Waals surface area contributed by atoms with Crippen molar-refractivity contribution < 1.29 is 18.7 Å². The molecule has 5 rings (SSSR count). The Morgan fingerprint density at radius 3 is 2.62 bits per heavy atom. The molecule has 6 nitrogen and oxygen atoms in total. The fraction of sp³-hybridized carbons (Fsp3) is 0.185. The first-order valence-electron chi connectivity index (χ1n) is 10.9. The second-order valence-electron chi connectivity index (χ2n) is 8.06. The highest BCUT2D eigenvalue weighted by molar-refractivity contribution is 6.31. The average Bonchev–Trinajstić information content (AvgIpc) is 3.14. The molecule has 0 bridgehead atoms. The van der Waals surface area contributed by atoms with E-state index in [1.54, 1.807) is 30.2 Å². The summed E-state index contributed by atoms with van der Waals surface area (Å²) in [5, 5.41) is 0.766. The van der Waals surface area contributed by atoms with Gasteiger partial charge in [-0.25, -0.2) is 0 Å². The third-order valence-corrected chi connectivity index (χ3v) is 6.12. The summed E-state index contributed by atoms with van der Waals surface area (Å²) in [6.45, 7) is 1.03. The van der Waals surface area contributed by atoms with E-state index in [1.165, 1.54) is 0 Å². The summed E-state index contributed by atoms with van der Waals surface area (Å²) in [6.07, 6.45) is 0. The number of nitrogens with zero attached hydrogens (tertiary/aromatic N) is 1. The number of benzene rings is 3. The molecule has 7 heteroatoms. The van der Waals surface area contributed by atoms with Gasteiger partial charge in [0.2, 0.25) is 5.76 Å². The number of hydrogen-bond donors (Lipinski definition) is 0. The first-order valence-corrected chi connectivity index (χ1v) is 11.3. The van der Waals surface area contributed by atoms with Gasteiger partial charge < -0.3 is 18.8 Å². The molecular weight excluding hydrogens is 454 g/mol. The lowest BCUT2D eigenvalue weighted by Gasteiger charge is -2.25. The predicted octanol–water partition coefficient (Wildman–Crippen LogP) is 5.22. The van der Waals surface area contributed by atoms with E-state index in [0.29, 0.717) is 47.1 Å². The molecule has 34 heavy (non-hydrogen) atoms. The van der Waals surface area contributed by atoms with Crippen molar-refractivity contribution in [2.24, 2.45) is 0 Å². The molecule has 0 aliphatic carbocycles. The van der Waals surface area contributed by atoms with Crippen molar-refractivity contribution in [1.29, 1.82) is 0 Å². The van der Waals surface area contributed by atoms with E-state index in [1.807, 2.05) is 54.6 Å². The number of fused-ring (bicyclic) bond motifs is 2. The maximum Gasteiger partial charge on any atom is 0.290 e. The topological polar surface area (TPSA) is 69.0 Å². The van der Waals surface area contributed by atoms with Crippen LogP contribution in [0.5, 0.6) is 5.75 Å². The van der Waals surface area contributed by atoms with Gasteiger partial charge >= 0.3 is 0 Å². The lowest BCUT2D eigenvalue weighted by Crippen LogP contribution is -2.32. The number of halogens is 1. The van der Waals surface area contributed by atoms with Crippen molar-refractivity contribution in [3.63, 3.8) is 0 Å². The van der Waals surface area contributed by atoms with Crippen molar-refractivity contribution in [1.82, 2.24) is 4.90 Å². The molecule has 1 atom stereocenters. The van der Waals surface area contributed by atoms with Crippen LogP contribution in [0, 0.1) is 0 Å². The third kappa shape index (κ3) is 4.06.